The molecule has 2 aromatic heterocycles. The lowest BCUT2D eigenvalue weighted by Gasteiger charge is -2.32. The van der Waals surface area contributed by atoms with E-state index in [4.69, 9.17) is 10.4 Å². The number of fused-ring (bicyclic) bond motifs is 1. The Labute approximate surface area is 244 Å². The molecule has 2 N–H and O–H groups in total. The molecule has 1 aliphatic heterocycles. The number of hydrogen-bond donors (Lipinski definition) is 2. The highest BCUT2D eigenvalue weighted by atomic mass is 19.1. The van der Waals surface area contributed by atoms with Crippen LogP contribution in [0.3, 0.4) is 0 Å². The summed E-state index contributed by atoms with van der Waals surface area (Å²) in [4.78, 5) is 24.8. The molecule has 1 fully saturated rings. The Morgan fingerprint density at radius 3 is 2.60 bits per heavy atom. The molecule has 212 valence electrons. The highest BCUT2D eigenvalue weighted by molar-refractivity contribution is 5.97. The maximum atomic E-state index is 13.9. The van der Waals surface area contributed by atoms with E-state index in [2.05, 4.69) is 40.0 Å². The molecule has 0 aliphatic carbocycles. The number of aromatic nitrogens is 3. The van der Waals surface area contributed by atoms with Crippen LogP contribution in [-0.2, 0) is 13.1 Å². The lowest BCUT2D eigenvalue weighted by molar-refractivity contribution is 0.0710. The summed E-state index contributed by atoms with van der Waals surface area (Å²) in [5.41, 5.74) is 6.20. The van der Waals surface area contributed by atoms with Crippen LogP contribution in [0.5, 0.6) is 0 Å². The second kappa shape index (κ2) is 11.9. The summed E-state index contributed by atoms with van der Waals surface area (Å²) in [5, 5.41) is 11.2. The number of carbonyl (C=O) groups is 1. The Hall–Kier alpha value is -4.85. The molecule has 5 aromatic rings. The summed E-state index contributed by atoms with van der Waals surface area (Å²) < 4.78 is 16.1. The molecule has 0 unspecified atom stereocenters. The van der Waals surface area contributed by atoms with Gasteiger partial charge in [0.05, 0.1) is 16.6 Å². The number of aryl methyl sites for hydroxylation is 1. The number of nitrogens with one attached hydrogen (secondary N) is 2. The third-order valence-electron chi connectivity index (χ3n) is 7.92. The third-order valence-corrected chi connectivity index (χ3v) is 7.92. The van der Waals surface area contributed by atoms with Gasteiger partial charge in [0, 0.05) is 50.1 Å². The number of para-hydroxylation sites is 2. The Bertz CT molecular complexity index is 1750. The van der Waals surface area contributed by atoms with Gasteiger partial charge in [0.1, 0.15) is 17.5 Å². The highest BCUT2D eigenvalue weighted by Crippen LogP contribution is 2.31. The van der Waals surface area contributed by atoms with Gasteiger partial charge in [-0.3, -0.25) is 4.79 Å². The molecular formula is C34H33FN6O. The van der Waals surface area contributed by atoms with Gasteiger partial charge < -0.3 is 20.2 Å². The van der Waals surface area contributed by atoms with Gasteiger partial charge in [-0.25, -0.2) is 14.4 Å². The average molecular weight is 561 g/mol. The van der Waals surface area contributed by atoms with Gasteiger partial charge in [0.25, 0.3) is 5.91 Å². The van der Waals surface area contributed by atoms with E-state index >= 15 is 0 Å². The first kappa shape index (κ1) is 27.3. The van der Waals surface area contributed by atoms with Crippen LogP contribution in [0.2, 0.25) is 0 Å². The standard InChI is InChI=1S/C34H33FN6O/c1-23-6-4-7-24(16-23)20-37-32-27(19-36)18-28(21-38-32)34(42)40-14-12-26(13-15-40)33-39-30-10-2-3-11-31(30)41(33)22-25-8-5-9-29(35)17-25/h2-11,16-19,21,26,36H,12-15,20,22H2,1H3,(H,37,38). The molecule has 1 aliphatic rings. The summed E-state index contributed by atoms with van der Waals surface area (Å²) in [6.45, 7) is 4.37. The second-order valence-corrected chi connectivity index (χ2v) is 10.9. The largest absolute Gasteiger partial charge is 0.365 e. The number of pyridine rings is 1. The SMILES string of the molecule is Cc1cccc(CNc2ncc(C(=O)N3CCC(c4nc5ccccc5n4Cc4cccc(F)c4)CC3)cc2C=N)c1. The molecule has 0 atom stereocenters. The highest BCUT2D eigenvalue weighted by Gasteiger charge is 2.28. The maximum absolute atomic E-state index is 13.9. The van der Waals surface area contributed by atoms with Gasteiger partial charge in [-0.05, 0) is 61.2 Å². The lowest BCUT2D eigenvalue weighted by atomic mass is 9.95. The fraction of sp³-hybridized carbons (Fsp3) is 0.235. The minimum Gasteiger partial charge on any atom is -0.365 e. The number of amides is 1. The van der Waals surface area contributed by atoms with Crippen molar-refractivity contribution in [1.82, 2.24) is 19.4 Å². The lowest BCUT2D eigenvalue weighted by Crippen LogP contribution is -2.38. The van der Waals surface area contributed by atoms with Crippen LogP contribution in [0.1, 0.15) is 57.2 Å². The first-order chi connectivity index (χ1) is 20.5. The molecule has 6 rings (SSSR count). The van der Waals surface area contributed by atoms with Gasteiger partial charge in [0.15, 0.2) is 0 Å². The van der Waals surface area contributed by atoms with Crippen LogP contribution in [0, 0.1) is 18.2 Å². The van der Waals surface area contributed by atoms with Crippen LogP contribution < -0.4 is 5.32 Å². The van der Waals surface area contributed by atoms with Gasteiger partial charge in [-0.1, -0.05) is 54.1 Å². The Morgan fingerprint density at radius 2 is 1.81 bits per heavy atom. The topological polar surface area (TPSA) is 86.9 Å². The van der Waals surface area contributed by atoms with Crippen molar-refractivity contribution in [3.8, 4) is 0 Å². The number of anilines is 1. The second-order valence-electron chi connectivity index (χ2n) is 10.9. The molecule has 1 amide bonds. The van der Waals surface area contributed by atoms with Crippen LogP contribution in [0.4, 0.5) is 10.2 Å². The van der Waals surface area contributed by atoms with Crippen LogP contribution in [-0.4, -0.2) is 44.6 Å². The Kier molecular flexibility index (Phi) is 7.77. The van der Waals surface area contributed by atoms with E-state index < -0.39 is 0 Å². The maximum Gasteiger partial charge on any atom is 0.255 e. The molecule has 7 nitrogen and oxygen atoms in total. The molecule has 0 bridgehead atoms. The molecule has 0 spiro atoms. The molecule has 3 aromatic carbocycles. The third kappa shape index (κ3) is 5.79. The molecular weight excluding hydrogens is 527 g/mol. The van der Waals surface area contributed by atoms with Crippen LogP contribution in [0.15, 0.2) is 85.1 Å². The molecule has 3 heterocycles. The number of likely N-dealkylation sites (tertiary alicyclic amines) is 1. The minimum absolute atomic E-state index is 0.0810. The van der Waals surface area contributed by atoms with Crippen LogP contribution in [0.25, 0.3) is 11.0 Å². The van der Waals surface area contributed by atoms with E-state index in [1.807, 2.05) is 41.3 Å². The molecule has 0 radical (unpaired) electrons. The van der Waals surface area contributed by atoms with E-state index in [9.17, 15) is 9.18 Å². The normalized spacial score (nSPS) is 13.8. The monoisotopic (exact) mass is 560 g/mol. The fourth-order valence-electron chi connectivity index (χ4n) is 5.78. The zero-order valence-corrected chi connectivity index (χ0v) is 23.6. The number of imidazole rings is 1. The Balaban J connectivity index is 1.15. The predicted molar refractivity (Wildman–Crippen MR) is 164 cm³/mol. The van der Waals surface area contributed by atoms with E-state index in [1.54, 1.807) is 24.4 Å². The van der Waals surface area contributed by atoms with Gasteiger partial charge in [-0.2, -0.15) is 0 Å². The van der Waals surface area contributed by atoms with Crippen molar-refractivity contribution in [1.29, 1.82) is 5.41 Å². The first-order valence-electron chi connectivity index (χ1n) is 14.3. The zero-order chi connectivity index (χ0) is 29.1. The number of piperidine rings is 1. The van der Waals surface area contributed by atoms with E-state index in [0.717, 1.165) is 40.8 Å². The number of benzene rings is 3. The fourth-order valence-corrected chi connectivity index (χ4v) is 5.78. The van der Waals surface area contributed by atoms with Gasteiger partial charge >= 0.3 is 0 Å². The number of rotatable bonds is 8. The van der Waals surface area contributed by atoms with Crippen molar-refractivity contribution in [3.63, 3.8) is 0 Å². The van der Waals surface area contributed by atoms with Crippen molar-refractivity contribution in [2.24, 2.45) is 0 Å². The smallest absolute Gasteiger partial charge is 0.255 e. The van der Waals surface area contributed by atoms with Crippen molar-refractivity contribution in [3.05, 3.63) is 125 Å². The summed E-state index contributed by atoms with van der Waals surface area (Å²) in [6, 6.07) is 24.7. The molecule has 8 heteroatoms. The average Bonchev–Trinajstić information content (AvgIpc) is 3.38. The number of halogens is 1. The van der Waals surface area contributed by atoms with Crippen molar-refractivity contribution in [2.75, 3.05) is 18.4 Å². The van der Waals surface area contributed by atoms with E-state index in [-0.39, 0.29) is 17.6 Å². The molecule has 0 saturated carbocycles. The summed E-state index contributed by atoms with van der Waals surface area (Å²) in [6.07, 6.45) is 4.38. The van der Waals surface area contributed by atoms with Gasteiger partial charge in [0.2, 0.25) is 0 Å². The number of carbonyl (C=O) groups excluding carboxylic acids is 1. The number of hydrogen-bond acceptors (Lipinski definition) is 5. The van der Waals surface area contributed by atoms with E-state index in [0.29, 0.717) is 43.1 Å². The summed E-state index contributed by atoms with van der Waals surface area (Å²) in [5.74, 6) is 1.41. The summed E-state index contributed by atoms with van der Waals surface area (Å²) in [7, 11) is 0. The van der Waals surface area contributed by atoms with Crippen molar-refractivity contribution in [2.45, 2.75) is 38.8 Å². The van der Waals surface area contributed by atoms with Crippen LogP contribution >= 0.6 is 0 Å². The molecule has 42 heavy (non-hydrogen) atoms. The zero-order valence-electron chi connectivity index (χ0n) is 23.6. The summed E-state index contributed by atoms with van der Waals surface area (Å²) >= 11 is 0. The van der Waals surface area contributed by atoms with Gasteiger partial charge in [-0.15, -0.1) is 0 Å². The number of nitrogens with zero attached hydrogens (tertiary/aromatic N) is 4. The Morgan fingerprint density at radius 1 is 1.02 bits per heavy atom. The first-order valence-corrected chi connectivity index (χ1v) is 14.3. The predicted octanol–water partition coefficient (Wildman–Crippen LogP) is 6.56. The molecule has 1 saturated heterocycles. The van der Waals surface area contributed by atoms with E-state index in [1.165, 1.54) is 17.8 Å². The van der Waals surface area contributed by atoms with Crippen molar-refractivity contribution < 1.29 is 9.18 Å². The van der Waals surface area contributed by atoms with Crippen molar-refractivity contribution >= 4 is 29.0 Å². The minimum atomic E-state index is -0.249. The quantitative estimate of drug-likeness (QED) is 0.211.